The summed E-state index contributed by atoms with van der Waals surface area (Å²) in [6.07, 6.45) is -3.21. The average Bonchev–Trinajstić information content (AvgIpc) is 2.88. The van der Waals surface area contributed by atoms with Crippen LogP contribution in [0.2, 0.25) is 0 Å². The molecule has 0 amide bonds. The van der Waals surface area contributed by atoms with E-state index in [-0.39, 0.29) is 17.2 Å². The molecule has 3 nitrogen and oxygen atoms in total. The summed E-state index contributed by atoms with van der Waals surface area (Å²) in [5, 5.41) is 0. The van der Waals surface area contributed by atoms with E-state index in [2.05, 4.69) is 15.9 Å². The zero-order valence-electron chi connectivity index (χ0n) is 10.4. The molecular weight excluding hydrogens is 341 g/mol. The van der Waals surface area contributed by atoms with Crippen LogP contribution in [-0.2, 0) is 15.7 Å². The highest BCUT2D eigenvalue weighted by Crippen LogP contribution is 2.34. The Hall–Kier alpha value is -1.08. The Morgan fingerprint density at radius 2 is 2.20 bits per heavy atom. The second-order valence-corrected chi connectivity index (χ2v) is 5.34. The number of halogens is 4. The van der Waals surface area contributed by atoms with E-state index < -0.39 is 23.3 Å². The first-order valence-electron chi connectivity index (χ1n) is 6.03. The molecule has 110 valence electrons. The lowest BCUT2D eigenvalue weighted by molar-refractivity contribution is -0.138. The molecule has 1 atom stereocenters. The van der Waals surface area contributed by atoms with Gasteiger partial charge in [-0.05, 0) is 31.0 Å². The number of esters is 1. The lowest BCUT2D eigenvalue weighted by atomic mass is 10.1. The minimum absolute atomic E-state index is 0.0216. The molecule has 0 aliphatic carbocycles. The fraction of sp³-hybridized carbons (Fsp3) is 0.462. The molecule has 0 saturated carbocycles. The molecule has 0 N–H and O–H groups in total. The van der Waals surface area contributed by atoms with Crippen LogP contribution in [0.4, 0.5) is 13.2 Å². The molecule has 0 unspecified atom stereocenters. The quantitative estimate of drug-likeness (QED) is 0.776. The van der Waals surface area contributed by atoms with Gasteiger partial charge in [-0.15, -0.1) is 0 Å². The van der Waals surface area contributed by atoms with Gasteiger partial charge in [0.05, 0.1) is 17.2 Å². The summed E-state index contributed by atoms with van der Waals surface area (Å²) in [7, 11) is 0. The lowest BCUT2D eigenvalue weighted by Gasteiger charge is -2.14. The van der Waals surface area contributed by atoms with Crippen molar-refractivity contribution in [2.24, 2.45) is 0 Å². The van der Waals surface area contributed by atoms with Crippen LogP contribution in [0.5, 0.6) is 0 Å². The molecule has 0 radical (unpaired) electrons. The van der Waals surface area contributed by atoms with Crippen LogP contribution in [0.15, 0.2) is 22.7 Å². The third-order valence-electron chi connectivity index (χ3n) is 2.93. The van der Waals surface area contributed by atoms with Gasteiger partial charge in [-0.1, -0.05) is 15.9 Å². The summed E-state index contributed by atoms with van der Waals surface area (Å²) in [4.78, 5) is 11.8. The standard InChI is InChI=1S/C13H12BrF3O3/c14-8-3-4-10(11(6-8)13(15,16)17)12(18)20-7-9-2-1-5-19-9/h3-4,6,9H,1-2,5,7H2/t9-/m1/s1. The normalized spacial score (nSPS) is 19.1. The fourth-order valence-corrected chi connectivity index (χ4v) is 2.31. The van der Waals surface area contributed by atoms with E-state index in [9.17, 15) is 18.0 Å². The van der Waals surface area contributed by atoms with E-state index in [0.717, 1.165) is 25.0 Å². The SMILES string of the molecule is O=C(OC[C@H]1CCCO1)c1ccc(Br)cc1C(F)(F)F. The van der Waals surface area contributed by atoms with E-state index in [1.54, 1.807) is 0 Å². The largest absolute Gasteiger partial charge is 0.459 e. The highest BCUT2D eigenvalue weighted by atomic mass is 79.9. The first-order chi connectivity index (χ1) is 9.38. The predicted octanol–water partition coefficient (Wildman–Crippen LogP) is 3.80. The third kappa shape index (κ3) is 3.73. The van der Waals surface area contributed by atoms with Gasteiger partial charge in [0.2, 0.25) is 0 Å². The second kappa shape index (κ2) is 6.13. The third-order valence-corrected chi connectivity index (χ3v) is 3.42. The Morgan fingerprint density at radius 3 is 2.80 bits per heavy atom. The molecule has 20 heavy (non-hydrogen) atoms. The first kappa shape index (κ1) is 15.3. The van der Waals surface area contributed by atoms with Gasteiger partial charge in [-0.2, -0.15) is 13.2 Å². The van der Waals surface area contributed by atoms with Crippen LogP contribution in [0.1, 0.15) is 28.8 Å². The van der Waals surface area contributed by atoms with Gasteiger partial charge >= 0.3 is 12.1 Å². The van der Waals surface area contributed by atoms with E-state index in [1.807, 2.05) is 0 Å². The van der Waals surface area contributed by atoms with Gasteiger partial charge in [0.25, 0.3) is 0 Å². The number of hydrogen-bond acceptors (Lipinski definition) is 3. The van der Waals surface area contributed by atoms with Crippen molar-refractivity contribution in [2.45, 2.75) is 25.1 Å². The molecule has 1 fully saturated rings. The summed E-state index contributed by atoms with van der Waals surface area (Å²) in [5.74, 6) is -0.986. The maximum atomic E-state index is 12.9. The van der Waals surface area contributed by atoms with E-state index in [1.165, 1.54) is 6.07 Å². The highest BCUT2D eigenvalue weighted by molar-refractivity contribution is 9.10. The number of benzene rings is 1. The summed E-state index contributed by atoms with van der Waals surface area (Å²) in [6.45, 7) is 0.570. The number of carbonyl (C=O) groups excluding carboxylic acids is 1. The molecule has 1 aromatic rings. The van der Waals surface area contributed by atoms with Crippen LogP contribution in [-0.4, -0.2) is 25.3 Å². The Balaban J connectivity index is 2.12. The Kier molecular flexibility index (Phi) is 4.70. The van der Waals surface area contributed by atoms with Crippen LogP contribution in [0.3, 0.4) is 0 Å². The van der Waals surface area contributed by atoms with Gasteiger partial charge < -0.3 is 9.47 Å². The van der Waals surface area contributed by atoms with E-state index in [0.29, 0.717) is 6.61 Å². The first-order valence-corrected chi connectivity index (χ1v) is 6.82. The maximum Gasteiger partial charge on any atom is 0.417 e. The molecule has 1 heterocycles. The van der Waals surface area contributed by atoms with Gasteiger partial charge in [0.1, 0.15) is 6.61 Å². The molecule has 2 rings (SSSR count). The number of alkyl halides is 3. The van der Waals surface area contributed by atoms with Crippen molar-refractivity contribution >= 4 is 21.9 Å². The Bertz CT molecular complexity index is 496. The van der Waals surface area contributed by atoms with Crippen molar-refractivity contribution in [1.82, 2.24) is 0 Å². The zero-order valence-corrected chi connectivity index (χ0v) is 12.0. The van der Waals surface area contributed by atoms with Crippen LogP contribution < -0.4 is 0 Å². The summed E-state index contributed by atoms with van der Waals surface area (Å²) in [6, 6.07) is 3.34. The second-order valence-electron chi connectivity index (χ2n) is 4.42. The Labute approximate surface area is 122 Å². The maximum absolute atomic E-state index is 12.9. The number of carbonyl (C=O) groups is 1. The fourth-order valence-electron chi connectivity index (χ4n) is 1.95. The van der Waals surface area contributed by atoms with Crippen molar-refractivity contribution in [3.8, 4) is 0 Å². The number of hydrogen-bond donors (Lipinski definition) is 0. The molecule has 0 aromatic heterocycles. The molecule has 7 heteroatoms. The van der Waals surface area contributed by atoms with Crippen molar-refractivity contribution in [1.29, 1.82) is 0 Å². The van der Waals surface area contributed by atoms with Gasteiger partial charge in [0.15, 0.2) is 0 Å². The van der Waals surface area contributed by atoms with Crippen molar-refractivity contribution < 1.29 is 27.4 Å². The zero-order chi connectivity index (χ0) is 14.8. The molecule has 1 aliphatic rings. The van der Waals surface area contributed by atoms with Crippen LogP contribution >= 0.6 is 15.9 Å². The minimum Gasteiger partial charge on any atom is -0.459 e. The molecular formula is C13H12BrF3O3. The minimum atomic E-state index is -4.61. The summed E-state index contributed by atoms with van der Waals surface area (Å²) < 4.78 is 49.0. The van der Waals surface area contributed by atoms with Crippen molar-refractivity contribution in [2.75, 3.05) is 13.2 Å². The Morgan fingerprint density at radius 1 is 1.45 bits per heavy atom. The number of rotatable bonds is 3. The van der Waals surface area contributed by atoms with Crippen LogP contribution in [0.25, 0.3) is 0 Å². The smallest absolute Gasteiger partial charge is 0.417 e. The van der Waals surface area contributed by atoms with Crippen molar-refractivity contribution in [3.05, 3.63) is 33.8 Å². The topological polar surface area (TPSA) is 35.5 Å². The molecule has 1 aromatic carbocycles. The number of ether oxygens (including phenoxy) is 2. The highest BCUT2D eigenvalue weighted by Gasteiger charge is 2.36. The predicted molar refractivity (Wildman–Crippen MR) is 68.4 cm³/mol. The summed E-state index contributed by atoms with van der Waals surface area (Å²) in [5.41, 5.74) is -1.50. The molecule has 1 saturated heterocycles. The van der Waals surface area contributed by atoms with E-state index >= 15 is 0 Å². The van der Waals surface area contributed by atoms with Crippen LogP contribution in [0, 0.1) is 0 Å². The van der Waals surface area contributed by atoms with E-state index in [4.69, 9.17) is 9.47 Å². The lowest BCUT2D eigenvalue weighted by Crippen LogP contribution is -2.20. The average molecular weight is 353 g/mol. The molecule has 0 bridgehead atoms. The molecule has 0 spiro atoms. The van der Waals surface area contributed by atoms with Crippen molar-refractivity contribution in [3.63, 3.8) is 0 Å². The molecule has 1 aliphatic heterocycles. The van der Waals surface area contributed by atoms with Gasteiger partial charge in [-0.3, -0.25) is 0 Å². The van der Waals surface area contributed by atoms with Gasteiger partial charge in [0, 0.05) is 11.1 Å². The monoisotopic (exact) mass is 352 g/mol. The van der Waals surface area contributed by atoms with Gasteiger partial charge in [-0.25, -0.2) is 4.79 Å². The summed E-state index contributed by atoms with van der Waals surface area (Å²) >= 11 is 2.96.